The number of carbonyl (C=O) groups is 2. The molecule has 1 aliphatic carbocycles. The summed E-state index contributed by atoms with van der Waals surface area (Å²) in [5.41, 5.74) is 7.94. The summed E-state index contributed by atoms with van der Waals surface area (Å²) < 4.78 is 20.5. The third kappa shape index (κ3) is 6.80. The smallest absolute Gasteiger partial charge is 0.248 e. The summed E-state index contributed by atoms with van der Waals surface area (Å²) in [7, 11) is 2.06. The van der Waals surface area contributed by atoms with Gasteiger partial charge in [-0.2, -0.15) is 4.98 Å². The number of rotatable bonds is 7. The van der Waals surface area contributed by atoms with E-state index in [4.69, 9.17) is 15.6 Å². The number of likely N-dealkylation sites (N-methyl/N-ethyl adjacent to an activating group) is 1. The molecule has 218 valence electrons. The lowest BCUT2D eigenvalue weighted by Crippen LogP contribution is -2.50. The Labute approximate surface area is 237 Å². The van der Waals surface area contributed by atoms with Crippen molar-refractivity contribution in [1.29, 1.82) is 0 Å². The maximum absolute atomic E-state index is 14.6. The van der Waals surface area contributed by atoms with Crippen molar-refractivity contribution in [3.8, 4) is 17.1 Å². The van der Waals surface area contributed by atoms with Gasteiger partial charge in [0.15, 0.2) is 12.0 Å². The van der Waals surface area contributed by atoms with Crippen molar-refractivity contribution in [3.05, 3.63) is 48.5 Å². The van der Waals surface area contributed by atoms with Gasteiger partial charge in [-0.25, -0.2) is 14.4 Å². The lowest BCUT2D eigenvalue weighted by molar-refractivity contribution is -0.138. The number of anilines is 2. The van der Waals surface area contributed by atoms with Gasteiger partial charge in [-0.05, 0) is 37.7 Å². The predicted octanol–water partition coefficient (Wildman–Crippen LogP) is 1.08. The SMILES string of the molecule is CN1CCN(C(=O)C2C=CC(Nc3ncnc(-c4ccc(O[C@H]5CCN(C(=O)CO)C[C@H]5F)c(N)c4)n3)=CC2)CC1. The van der Waals surface area contributed by atoms with Crippen molar-refractivity contribution < 1.29 is 23.8 Å². The Morgan fingerprint density at radius 2 is 1.98 bits per heavy atom. The van der Waals surface area contributed by atoms with Crippen LogP contribution in [0.4, 0.5) is 16.0 Å². The molecule has 3 heterocycles. The predicted molar refractivity (Wildman–Crippen MR) is 150 cm³/mol. The van der Waals surface area contributed by atoms with Crippen LogP contribution in [0, 0.1) is 5.92 Å². The molecule has 13 heteroatoms. The van der Waals surface area contributed by atoms with E-state index >= 15 is 0 Å². The van der Waals surface area contributed by atoms with E-state index in [0.717, 1.165) is 31.9 Å². The molecule has 1 aromatic heterocycles. The van der Waals surface area contributed by atoms with Gasteiger partial charge in [0.25, 0.3) is 0 Å². The minimum atomic E-state index is -1.40. The number of nitrogens with two attached hydrogens (primary N) is 1. The van der Waals surface area contributed by atoms with E-state index in [2.05, 4.69) is 32.2 Å². The highest BCUT2D eigenvalue weighted by molar-refractivity contribution is 5.81. The molecule has 1 aromatic carbocycles. The molecular formula is C28H35FN8O4. The first-order valence-electron chi connectivity index (χ1n) is 13.7. The molecule has 3 aliphatic rings. The van der Waals surface area contributed by atoms with Crippen LogP contribution in [-0.4, -0.2) is 112 Å². The van der Waals surface area contributed by atoms with E-state index in [9.17, 15) is 14.0 Å². The minimum absolute atomic E-state index is 0.137. The number of nitrogens with zero attached hydrogens (tertiary/aromatic N) is 6. The third-order valence-corrected chi connectivity index (χ3v) is 7.58. The molecule has 2 aliphatic heterocycles. The Morgan fingerprint density at radius 3 is 2.66 bits per heavy atom. The Morgan fingerprint density at radius 1 is 1.17 bits per heavy atom. The molecule has 41 heavy (non-hydrogen) atoms. The molecule has 0 saturated carbocycles. The molecule has 5 rings (SSSR count). The average molecular weight is 567 g/mol. The van der Waals surface area contributed by atoms with Gasteiger partial charge in [0, 0.05) is 50.4 Å². The number of aromatic nitrogens is 3. The number of amides is 2. The van der Waals surface area contributed by atoms with Gasteiger partial charge in [-0.15, -0.1) is 0 Å². The molecule has 0 spiro atoms. The highest BCUT2D eigenvalue weighted by atomic mass is 19.1. The molecular weight excluding hydrogens is 531 g/mol. The number of allylic oxidation sites excluding steroid dienone is 2. The van der Waals surface area contributed by atoms with Gasteiger partial charge in [-0.1, -0.05) is 12.2 Å². The zero-order valence-corrected chi connectivity index (χ0v) is 22.9. The summed E-state index contributed by atoms with van der Waals surface area (Å²) in [4.78, 5) is 42.9. The van der Waals surface area contributed by atoms with E-state index in [0.29, 0.717) is 41.7 Å². The number of aliphatic hydroxyl groups is 1. The second-order valence-electron chi connectivity index (χ2n) is 10.5. The van der Waals surface area contributed by atoms with Crippen LogP contribution in [0.25, 0.3) is 11.4 Å². The van der Waals surface area contributed by atoms with Crippen molar-refractivity contribution in [1.82, 2.24) is 29.7 Å². The van der Waals surface area contributed by atoms with Crippen molar-refractivity contribution >= 4 is 23.5 Å². The van der Waals surface area contributed by atoms with Crippen molar-refractivity contribution in [2.24, 2.45) is 5.92 Å². The fourth-order valence-electron chi connectivity index (χ4n) is 5.08. The number of benzene rings is 1. The van der Waals surface area contributed by atoms with Crippen LogP contribution in [-0.2, 0) is 9.59 Å². The maximum atomic E-state index is 14.6. The van der Waals surface area contributed by atoms with Crippen LogP contribution in [0.5, 0.6) is 5.75 Å². The van der Waals surface area contributed by atoms with Crippen LogP contribution in [0.2, 0.25) is 0 Å². The summed E-state index contributed by atoms with van der Waals surface area (Å²) in [6.45, 7) is 2.80. The van der Waals surface area contributed by atoms with E-state index < -0.39 is 24.8 Å². The van der Waals surface area contributed by atoms with E-state index in [1.807, 2.05) is 23.1 Å². The second kappa shape index (κ2) is 12.6. The summed E-state index contributed by atoms with van der Waals surface area (Å²) >= 11 is 0. The summed E-state index contributed by atoms with van der Waals surface area (Å²) in [6, 6.07) is 5.03. The summed E-state index contributed by atoms with van der Waals surface area (Å²) in [5, 5.41) is 12.2. The Hall–Kier alpha value is -4.10. The lowest BCUT2D eigenvalue weighted by atomic mass is 9.97. The van der Waals surface area contributed by atoms with E-state index in [-0.39, 0.29) is 24.8 Å². The van der Waals surface area contributed by atoms with Gasteiger partial charge in [0.2, 0.25) is 17.8 Å². The number of nitrogen functional groups attached to an aromatic ring is 1. The van der Waals surface area contributed by atoms with E-state index in [1.165, 1.54) is 11.2 Å². The first kappa shape index (κ1) is 28.4. The molecule has 1 unspecified atom stereocenters. The lowest BCUT2D eigenvalue weighted by Gasteiger charge is -2.34. The highest BCUT2D eigenvalue weighted by Gasteiger charge is 2.33. The molecule has 2 saturated heterocycles. The number of aliphatic hydroxyl groups excluding tert-OH is 1. The van der Waals surface area contributed by atoms with Gasteiger partial charge in [0.1, 0.15) is 24.8 Å². The summed E-state index contributed by atoms with van der Waals surface area (Å²) in [6.07, 6.45) is 5.87. The van der Waals surface area contributed by atoms with Crippen molar-refractivity contribution in [2.45, 2.75) is 25.1 Å². The first-order valence-corrected chi connectivity index (χ1v) is 13.7. The Bertz CT molecular complexity index is 1330. The van der Waals surface area contributed by atoms with Crippen LogP contribution in [0.1, 0.15) is 12.8 Å². The number of nitrogens with one attached hydrogen (secondary N) is 1. The number of halogens is 1. The minimum Gasteiger partial charge on any atom is -0.485 e. The number of alkyl halides is 1. The molecule has 0 bridgehead atoms. The molecule has 3 atom stereocenters. The fraction of sp³-hybridized carbons (Fsp3) is 0.464. The van der Waals surface area contributed by atoms with Gasteiger partial charge in [-0.3, -0.25) is 9.59 Å². The molecule has 0 radical (unpaired) electrons. The number of hydrogen-bond donors (Lipinski definition) is 3. The first-order chi connectivity index (χ1) is 19.8. The largest absolute Gasteiger partial charge is 0.485 e. The van der Waals surface area contributed by atoms with Gasteiger partial charge < -0.3 is 35.6 Å². The Balaban J connectivity index is 1.18. The topological polar surface area (TPSA) is 150 Å². The van der Waals surface area contributed by atoms with Crippen molar-refractivity contribution in [3.63, 3.8) is 0 Å². The summed E-state index contributed by atoms with van der Waals surface area (Å²) in [5.74, 6) is 0.541. The Kier molecular flexibility index (Phi) is 8.74. The normalized spacial score (nSPS) is 23.2. The van der Waals surface area contributed by atoms with Crippen LogP contribution in [0.15, 0.2) is 48.5 Å². The number of piperazine rings is 1. The fourth-order valence-corrected chi connectivity index (χ4v) is 5.08. The monoisotopic (exact) mass is 566 g/mol. The maximum Gasteiger partial charge on any atom is 0.248 e. The van der Waals surface area contributed by atoms with Crippen LogP contribution >= 0.6 is 0 Å². The van der Waals surface area contributed by atoms with Gasteiger partial charge >= 0.3 is 0 Å². The number of piperidine rings is 1. The second-order valence-corrected chi connectivity index (χ2v) is 10.5. The molecule has 2 fully saturated rings. The van der Waals surface area contributed by atoms with Crippen LogP contribution in [0.3, 0.4) is 0 Å². The number of hydrogen-bond acceptors (Lipinski definition) is 10. The number of carbonyl (C=O) groups excluding carboxylic acids is 2. The molecule has 4 N–H and O–H groups in total. The molecule has 12 nitrogen and oxygen atoms in total. The number of likely N-dealkylation sites (tertiary alicyclic amines) is 1. The molecule has 2 amide bonds. The van der Waals surface area contributed by atoms with E-state index in [1.54, 1.807) is 18.2 Å². The average Bonchev–Trinajstić information content (AvgIpc) is 2.99. The number of ether oxygens (including phenoxy) is 1. The van der Waals surface area contributed by atoms with Crippen molar-refractivity contribution in [2.75, 3.05) is 64.0 Å². The third-order valence-electron chi connectivity index (χ3n) is 7.58. The quantitative estimate of drug-likeness (QED) is 0.416. The van der Waals surface area contributed by atoms with Gasteiger partial charge in [0.05, 0.1) is 18.2 Å². The zero-order valence-electron chi connectivity index (χ0n) is 22.9. The highest BCUT2D eigenvalue weighted by Crippen LogP contribution is 2.30. The standard InChI is InChI=1S/C28H35FN8O4/c1-35-10-12-36(13-11-35)27(40)18-2-5-20(6-3-18)33-28-32-17-31-26(34-28)19-4-7-24(22(30)14-19)41-23-8-9-37(15-21(23)29)25(39)16-38/h2,4-7,14,17-18,21,23,38H,3,8-13,15-16,30H2,1H3,(H,31,32,33,34)/t18?,21-,23+/m1/s1. The molecule has 2 aromatic rings. The van der Waals surface area contributed by atoms with Crippen LogP contribution < -0.4 is 15.8 Å². The zero-order chi connectivity index (χ0) is 28.9.